The first kappa shape index (κ1) is 20.0. The summed E-state index contributed by atoms with van der Waals surface area (Å²) in [6.45, 7) is 0. The van der Waals surface area contributed by atoms with Crippen molar-refractivity contribution >= 4 is 28.9 Å². The summed E-state index contributed by atoms with van der Waals surface area (Å²) in [6.07, 6.45) is 0.247. The van der Waals surface area contributed by atoms with E-state index in [1.807, 2.05) is 53.5 Å². The van der Waals surface area contributed by atoms with Gasteiger partial charge in [-0.05, 0) is 30.3 Å². The number of nitrogens with zero attached hydrogens (tertiary/aromatic N) is 2. The van der Waals surface area contributed by atoms with Crippen LogP contribution in [0.15, 0.2) is 65.8 Å². The quantitative estimate of drug-likeness (QED) is 0.466. The topological polar surface area (TPSA) is 43.3 Å². The number of hydrazone groups is 1. The van der Waals surface area contributed by atoms with Gasteiger partial charge in [-0.15, -0.1) is 0 Å². The molecule has 158 valence electrons. The maximum absolute atomic E-state index is 6.54. The molecule has 2 heterocycles. The normalized spacial score (nSPS) is 19.2. The number of ether oxygens (including phenoxy) is 3. The second-order valence-electron chi connectivity index (χ2n) is 7.39. The average molecular weight is 455 g/mol. The Hall–Kier alpha value is -2.89. The van der Waals surface area contributed by atoms with Crippen molar-refractivity contribution in [3.05, 3.63) is 87.4 Å². The fourth-order valence-corrected chi connectivity index (χ4v) is 4.64. The van der Waals surface area contributed by atoms with Gasteiger partial charge in [0.15, 0.2) is 0 Å². The highest BCUT2D eigenvalue weighted by Gasteiger charge is 2.42. The minimum atomic E-state index is -0.466. The molecule has 0 unspecified atom stereocenters. The predicted molar refractivity (Wildman–Crippen MR) is 122 cm³/mol. The van der Waals surface area contributed by atoms with Crippen LogP contribution in [0.25, 0.3) is 0 Å². The molecule has 0 fully saturated rings. The molecule has 0 aromatic heterocycles. The lowest BCUT2D eigenvalue weighted by molar-refractivity contribution is -0.0189. The molecule has 5 rings (SSSR count). The van der Waals surface area contributed by atoms with Crippen LogP contribution in [0.1, 0.15) is 35.4 Å². The van der Waals surface area contributed by atoms with Crippen molar-refractivity contribution in [2.45, 2.75) is 18.7 Å². The highest BCUT2D eigenvalue weighted by atomic mass is 35.5. The van der Waals surface area contributed by atoms with Crippen LogP contribution in [-0.4, -0.2) is 24.9 Å². The van der Waals surface area contributed by atoms with Crippen LogP contribution in [0.5, 0.6) is 17.2 Å². The van der Waals surface area contributed by atoms with Gasteiger partial charge in [-0.2, -0.15) is 5.10 Å². The van der Waals surface area contributed by atoms with Crippen molar-refractivity contribution in [1.82, 2.24) is 5.01 Å². The van der Waals surface area contributed by atoms with E-state index in [-0.39, 0.29) is 6.04 Å². The van der Waals surface area contributed by atoms with Gasteiger partial charge in [0.1, 0.15) is 17.2 Å². The maximum Gasteiger partial charge on any atom is 0.215 e. The van der Waals surface area contributed by atoms with Crippen molar-refractivity contribution in [3.63, 3.8) is 0 Å². The zero-order valence-corrected chi connectivity index (χ0v) is 18.5. The first-order valence-corrected chi connectivity index (χ1v) is 10.6. The molecule has 0 radical (unpaired) electrons. The van der Waals surface area contributed by atoms with Crippen LogP contribution in [0, 0.1) is 0 Å². The lowest BCUT2D eigenvalue weighted by Crippen LogP contribution is -2.33. The summed E-state index contributed by atoms with van der Waals surface area (Å²) >= 11 is 12.7. The molecule has 0 spiro atoms. The lowest BCUT2D eigenvalue weighted by atomic mass is 9.95. The number of benzene rings is 3. The van der Waals surface area contributed by atoms with Crippen molar-refractivity contribution in [1.29, 1.82) is 0 Å². The van der Waals surface area contributed by atoms with Crippen molar-refractivity contribution in [3.8, 4) is 17.2 Å². The summed E-state index contributed by atoms with van der Waals surface area (Å²) in [6, 6.07) is 19.3. The fraction of sp³-hybridized carbons (Fsp3) is 0.208. The van der Waals surface area contributed by atoms with Gasteiger partial charge >= 0.3 is 0 Å². The Morgan fingerprint density at radius 1 is 0.968 bits per heavy atom. The number of hydrogen-bond acceptors (Lipinski definition) is 5. The van der Waals surface area contributed by atoms with Crippen LogP contribution in [0.4, 0.5) is 0 Å². The van der Waals surface area contributed by atoms with Gasteiger partial charge in [0.2, 0.25) is 6.23 Å². The van der Waals surface area contributed by atoms with Crippen LogP contribution in [0.3, 0.4) is 0 Å². The summed E-state index contributed by atoms with van der Waals surface area (Å²) < 4.78 is 17.3. The third-order valence-electron chi connectivity index (χ3n) is 5.65. The molecule has 3 aromatic carbocycles. The van der Waals surface area contributed by atoms with Crippen LogP contribution >= 0.6 is 23.2 Å². The summed E-state index contributed by atoms with van der Waals surface area (Å²) in [5.41, 5.74) is 3.75. The third kappa shape index (κ3) is 3.48. The first-order valence-electron chi connectivity index (χ1n) is 9.88. The number of rotatable bonds is 4. The van der Waals surface area contributed by atoms with Crippen molar-refractivity contribution < 1.29 is 14.2 Å². The molecule has 2 aliphatic rings. The van der Waals surface area contributed by atoms with Gasteiger partial charge in [0, 0.05) is 34.2 Å². The number of para-hydroxylation sites is 1. The summed E-state index contributed by atoms with van der Waals surface area (Å²) in [5.74, 6) is 2.28. The van der Waals surface area contributed by atoms with Crippen LogP contribution < -0.4 is 14.2 Å². The van der Waals surface area contributed by atoms with E-state index >= 15 is 0 Å². The van der Waals surface area contributed by atoms with E-state index in [2.05, 4.69) is 6.07 Å². The Balaban J connectivity index is 1.61. The monoisotopic (exact) mass is 454 g/mol. The Morgan fingerprint density at radius 3 is 2.58 bits per heavy atom. The number of fused-ring (bicyclic) bond motifs is 3. The number of hydrogen-bond donors (Lipinski definition) is 0. The van der Waals surface area contributed by atoms with Crippen LogP contribution in [0.2, 0.25) is 10.0 Å². The van der Waals surface area contributed by atoms with E-state index in [0.717, 1.165) is 33.9 Å². The van der Waals surface area contributed by atoms with Gasteiger partial charge < -0.3 is 14.2 Å². The minimum absolute atomic E-state index is 0.0171. The van der Waals surface area contributed by atoms with E-state index in [1.165, 1.54) is 0 Å². The maximum atomic E-state index is 6.54. The zero-order chi connectivity index (χ0) is 21.5. The summed E-state index contributed by atoms with van der Waals surface area (Å²) in [7, 11) is 3.28. The Kier molecular flexibility index (Phi) is 5.16. The highest BCUT2D eigenvalue weighted by molar-refractivity contribution is 6.35. The highest BCUT2D eigenvalue weighted by Crippen LogP contribution is 2.49. The first-order chi connectivity index (χ1) is 15.1. The minimum Gasteiger partial charge on any atom is -0.497 e. The summed E-state index contributed by atoms with van der Waals surface area (Å²) in [4.78, 5) is 0. The third-order valence-corrected chi connectivity index (χ3v) is 6.21. The van der Waals surface area contributed by atoms with Gasteiger partial charge in [-0.1, -0.05) is 47.5 Å². The largest absolute Gasteiger partial charge is 0.497 e. The summed E-state index contributed by atoms with van der Waals surface area (Å²) in [5, 5.41) is 8.08. The molecular formula is C24H20Cl2N2O3. The van der Waals surface area contributed by atoms with Crippen LogP contribution in [-0.2, 0) is 0 Å². The molecule has 5 nitrogen and oxygen atoms in total. The van der Waals surface area contributed by atoms with E-state index in [1.54, 1.807) is 20.3 Å². The molecule has 0 saturated carbocycles. The molecule has 0 bridgehead atoms. The molecule has 0 saturated heterocycles. The van der Waals surface area contributed by atoms with Crippen molar-refractivity contribution in [2.24, 2.45) is 5.10 Å². The Morgan fingerprint density at radius 2 is 1.81 bits per heavy atom. The van der Waals surface area contributed by atoms with E-state index in [9.17, 15) is 0 Å². The zero-order valence-electron chi connectivity index (χ0n) is 17.0. The van der Waals surface area contributed by atoms with Gasteiger partial charge in [0.25, 0.3) is 0 Å². The van der Waals surface area contributed by atoms with Gasteiger partial charge in [-0.25, -0.2) is 5.01 Å². The molecule has 3 aromatic rings. The van der Waals surface area contributed by atoms with E-state index < -0.39 is 6.23 Å². The second kappa shape index (κ2) is 7.98. The molecule has 2 atom stereocenters. The molecule has 0 aliphatic carbocycles. The lowest BCUT2D eigenvalue weighted by Gasteiger charge is -2.38. The number of halogens is 2. The Bertz CT molecular complexity index is 1180. The smallest absolute Gasteiger partial charge is 0.215 e. The standard InChI is InChI=1S/C24H20Cl2N2O3/c1-29-15-8-10-17(23(12-15)30-2)20-13-21-18-5-3-4-6-22(18)31-24(28(21)27-20)16-9-7-14(25)11-19(16)26/h3-12,21,24H,13H2,1-2H3/t21-,24+/m0/s1. The SMILES string of the molecule is COc1ccc(C2=NN3[C@@H](c4ccc(Cl)cc4Cl)Oc4ccccc4[C@@H]3C2)c(OC)c1. The average Bonchev–Trinajstić information content (AvgIpc) is 3.24. The van der Waals surface area contributed by atoms with Gasteiger partial charge in [-0.3, -0.25) is 0 Å². The molecular weight excluding hydrogens is 435 g/mol. The molecule has 2 aliphatic heterocycles. The number of methoxy groups -OCH3 is 2. The predicted octanol–water partition coefficient (Wildman–Crippen LogP) is 6.25. The molecule has 7 heteroatoms. The fourth-order valence-electron chi connectivity index (χ4n) is 4.14. The molecule has 31 heavy (non-hydrogen) atoms. The van der Waals surface area contributed by atoms with E-state index in [4.69, 9.17) is 42.5 Å². The Labute approximate surface area is 190 Å². The molecule has 0 amide bonds. The van der Waals surface area contributed by atoms with Gasteiger partial charge in [0.05, 0.1) is 31.0 Å². The second-order valence-corrected chi connectivity index (χ2v) is 8.23. The van der Waals surface area contributed by atoms with Crippen molar-refractivity contribution in [2.75, 3.05) is 14.2 Å². The molecule has 0 N–H and O–H groups in total. The van der Waals surface area contributed by atoms with E-state index in [0.29, 0.717) is 22.2 Å².